The highest BCUT2D eigenvalue weighted by Gasteiger charge is 2.16. The third-order valence-corrected chi connectivity index (χ3v) is 3.54. The maximum Gasteiger partial charge on any atom is 0.211 e. The molecule has 1 aliphatic heterocycles. The summed E-state index contributed by atoms with van der Waals surface area (Å²) >= 11 is 0. The van der Waals surface area contributed by atoms with Crippen LogP contribution in [0.2, 0.25) is 0 Å². The minimum Gasteiger partial charge on any atom is -0.383 e. The molecule has 0 aliphatic carbocycles. The van der Waals surface area contributed by atoms with Crippen molar-refractivity contribution < 1.29 is 4.79 Å². The van der Waals surface area contributed by atoms with E-state index in [0.29, 0.717) is 6.41 Å². The van der Waals surface area contributed by atoms with Crippen molar-refractivity contribution in [2.24, 2.45) is 0 Å². The first-order valence-electron chi connectivity index (χ1n) is 6.76. The molecule has 0 saturated heterocycles. The second-order valence-corrected chi connectivity index (χ2v) is 4.84. The maximum atomic E-state index is 10.4. The van der Waals surface area contributed by atoms with Crippen molar-refractivity contribution in [3.63, 3.8) is 0 Å². The topological polar surface area (TPSA) is 53.2 Å². The molecule has 1 amide bonds. The third kappa shape index (κ3) is 2.59. The summed E-state index contributed by atoms with van der Waals surface area (Å²) in [7, 11) is 0. The average molecular weight is 267 g/mol. The Balaban J connectivity index is 1.82. The maximum absolute atomic E-state index is 10.4. The van der Waals surface area contributed by atoms with Gasteiger partial charge < -0.3 is 16.0 Å². The molecule has 0 radical (unpaired) electrons. The second kappa shape index (κ2) is 5.65. The summed E-state index contributed by atoms with van der Waals surface area (Å²) in [4.78, 5) is 10.4. The number of hydrogen-bond acceptors (Lipinski definition) is 3. The van der Waals surface area contributed by atoms with Gasteiger partial charge in [-0.25, -0.2) is 0 Å². The van der Waals surface area contributed by atoms with Gasteiger partial charge in [0.15, 0.2) is 0 Å². The molecule has 0 saturated carbocycles. The molecule has 3 rings (SSSR count). The van der Waals surface area contributed by atoms with E-state index in [4.69, 9.17) is 0 Å². The molecule has 3 N–H and O–H groups in total. The lowest BCUT2D eigenvalue weighted by Gasteiger charge is -2.18. The number of rotatable bonds is 3. The predicted octanol–water partition coefficient (Wildman–Crippen LogP) is 3.22. The Kier molecular flexibility index (Phi) is 3.54. The number of nitrogens with one attached hydrogen (secondary N) is 3. The summed E-state index contributed by atoms with van der Waals surface area (Å²) < 4.78 is 0. The number of fused-ring (bicyclic) bond motifs is 1. The van der Waals surface area contributed by atoms with E-state index in [2.05, 4.69) is 40.2 Å². The fraction of sp³-hybridized carbons (Fsp3) is 0.188. The van der Waals surface area contributed by atoms with Gasteiger partial charge in [-0.1, -0.05) is 24.3 Å². The summed E-state index contributed by atoms with van der Waals surface area (Å²) in [5.41, 5.74) is 4.31. The number of para-hydroxylation sites is 2. The van der Waals surface area contributed by atoms with E-state index in [1.165, 1.54) is 5.56 Å². The highest BCUT2D eigenvalue weighted by atomic mass is 16.1. The molecule has 102 valence electrons. The zero-order valence-corrected chi connectivity index (χ0v) is 11.1. The molecule has 0 bridgehead atoms. The molecule has 4 nitrogen and oxygen atoms in total. The molecule has 20 heavy (non-hydrogen) atoms. The van der Waals surface area contributed by atoms with Gasteiger partial charge in [-0.15, -0.1) is 0 Å². The minimum atomic E-state index is 0.274. The highest BCUT2D eigenvalue weighted by molar-refractivity contribution is 5.72. The van der Waals surface area contributed by atoms with E-state index < -0.39 is 0 Å². The molecular formula is C16H17N3O. The van der Waals surface area contributed by atoms with Crippen LogP contribution in [0.5, 0.6) is 0 Å². The number of hydrogen-bond donors (Lipinski definition) is 3. The van der Waals surface area contributed by atoms with E-state index in [1.54, 1.807) is 0 Å². The first kappa shape index (κ1) is 12.5. The molecule has 1 unspecified atom stereocenters. The first-order valence-corrected chi connectivity index (χ1v) is 6.76. The molecule has 0 fully saturated rings. The molecular weight excluding hydrogens is 250 g/mol. The van der Waals surface area contributed by atoms with Crippen LogP contribution in [0.4, 0.5) is 17.1 Å². The van der Waals surface area contributed by atoms with Gasteiger partial charge in [-0.05, 0) is 36.2 Å². The van der Waals surface area contributed by atoms with Gasteiger partial charge >= 0.3 is 0 Å². The number of carbonyl (C=O) groups is 1. The van der Waals surface area contributed by atoms with Crippen molar-refractivity contribution in [2.45, 2.75) is 12.5 Å². The van der Waals surface area contributed by atoms with Crippen LogP contribution < -0.4 is 16.0 Å². The summed E-state index contributed by atoms with van der Waals surface area (Å²) in [6.45, 7) is 0.934. The van der Waals surface area contributed by atoms with Crippen molar-refractivity contribution in [1.82, 2.24) is 0 Å². The minimum absolute atomic E-state index is 0.274. The van der Waals surface area contributed by atoms with Crippen LogP contribution in [-0.2, 0) is 4.79 Å². The highest BCUT2D eigenvalue weighted by Crippen LogP contribution is 2.31. The predicted molar refractivity (Wildman–Crippen MR) is 82.0 cm³/mol. The lowest BCUT2D eigenvalue weighted by atomic mass is 10.0. The van der Waals surface area contributed by atoms with Crippen LogP contribution in [0, 0.1) is 0 Å². The summed E-state index contributed by atoms with van der Waals surface area (Å²) in [5.74, 6) is 0. The smallest absolute Gasteiger partial charge is 0.211 e. The third-order valence-electron chi connectivity index (χ3n) is 3.54. The summed E-state index contributed by atoms with van der Waals surface area (Å²) in [5, 5.41) is 9.66. The van der Waals surface area contributed by atoms with Gasteiger partial charge in [0.05, 0.1) is 17.4 Å². The quantitative estimate of drug-likeness (QED) is 0.748. The van der Waals surface area contributed by atoms with Crippen LogP contribution in [0.25, 0.3) is 0 Å². The number of anilines is 3. The standard InChI is InChI=1S/C16H17N3O/c20-11-18-13-7-5-12(6-8-13)14-9-10-17-15-3-1-2-4-16(15)19-14/h1-8,11,14,17,19H,9-10H2,(H,18,20). The molecule has 0 aromatic heterocycles. The van der Waals surface area contributed by atoms with Gasteiger partial charge in [0, 0.05) is 12.2 Å². The van der Waals surface area contributed by atoms with Gasteiger partial charge in [0.25, 0.3) is 0 Å². The zero-order chi connectivity index (χ0) is 13.8. The molecule has 4 heteroatoms. The van der Waals surface area contributed by atoms with Gasteiger partial charge in [0.1, 0.15) is 0 Å². The van der Waals surface area contributed by atoms with Crippen LogP contribution in [0.15, 0.2) is 48.5 Å². The fourth-order valence-corrected chi connectivity index (χ4v) is 2.50. The molecule has 2 aromatic carbocycles. The van der Waals surface area contributed by atoms with E-state index in [0.717, 1.165) is 30.0 Å². The Bertz CT molecular complexity index is 595. The van der Waals surface area contributed by atoms with Gasteiger partial charge in [-0.3, -0.25) is 4.79 Å². The number of amides is 1. The van der Waals surface area contributed by atoms with Crippen LogP contribution in [0.3, 0.4) is 0 Å². The van der Waals surface area contributed by atoms with Crippen molar-refractivity contribution in [3.8, 4) is 0 Å². The monoisotopic (exact) mass is 267 g/mol. The zero-order valence-electron chi connectivity index (χ0n) is 11.1. The van der Waals surface area contributed by atoms with Crippen molar-refractivity contribution in [1.29, 1.82) is 0 Å². The number of carbonyl (C=O) groups excluding carboxylic acids is 1. The Morgan fingerprint density at radius 2 is 1.80 bits per heavy atom. The Labute approximate surface area is 118 Å². The fourth-order valence-electron chi connectivity index (χ4n) is 2.50. The molecule has 2 aromatic rings. The lowest BCUT2D eigenvalue weighted by Crippen LogP contribution is -2.11. The largest absolute Gasteiger partial charge is 0.383 e. The Hall–Kier alpha value is -2.49. The molecule has 1 aliphatic rings. The van der Waals surface area contributed by atoms with Gasteiger partial charge in [-0.2, -0.15) is 0 Å². The Morgan fingerprint density at radius 3 is 2.55 bits per heavy atom. The van der Waals surface area contributed by atoms with Gasteiger partial charge in [0.2, 0.25) is 6.41 Å². The molecule has 1 heterocycles. The average Bonchev–Trinajstić information content (AvgIpc) is 2.70. The number of benzene rings is 2. The Morgan fingerprint density at radius 1 is 1.05 bits per heavy atom. The lowest BCUT2D eigenvalue weighted by molar-refractivity contribution is -0.105. The summed E-state index contributed by atoms with van der Waals surface area (Å²) in [6.07, 6.45) is 1.70. The van der Waals surface area contributed by atoms with Crippen LogP contribution >= 0.6 is 0 Å². The van der Waals surface area contributed by atoms with Crippen molar-refractivity contribution >= 4 is 23.5 Å². The van der Waals surface area contributed by atoms with Crippen LogP contribution in [-0.4, -0.2) is 13.0 Å². The first-order chi connectivity index (χ1) is 9.86. The second-order valence-electron chi connectivity index (χ2n) is 4.84. The normalized spacial score (nSPS) is 17.1. The SMILES string of the molecule is O=CNc1ccc(C2CCNc3ccccc3N2)cc1. The molecule has 1 atom stereocenters. The summed E-state index contributed by atoms with van der Waals surface area (Å²) in [6, 6.07) is 16.5. The van der Waals surface area contributed by atoms with E-state index >= 15 is 0 Å². The molecule has 0 spiro atoms. The van der Waals surface area contributed by atoms with Crippen LogP contribution in [0.1, 0.15) is 18.0 Å². The van der Waals surface area contributed by atoms with E-state index in [1.807, 2.05) is 24.3 Å². The van der Waals surface area contributed by atoms with Crippen molar-refractivity contribution in [2.75, 3.05) is 22.5 Å². The van der Waals surface area contributed by atoms with E-state index in [9.17, 15) is 4.79 Å². The van der Waals surface area contributed by atoms with E-state index in [-0.39, 0.29) is 6.04 Å². The van der Waals surface area contributed by atoms with Crippen molar-refractivity contribution in [3.05, 3.63) is 54.1 Å².